The lowest BCUT2D eigenvalue weighted by atomic mass is 9.77. The summed E-state index contributed by atoms with van der Waals surface area (Å²) in [5, 5.41) is 0. The molecule has 0 bridgehead atoms. The summed E-state index contributed by atoms with van der Waals surface area (Å²) in [5.74, 6) is 0.222. The topological polar surface area (TPSA) is 39.7 Å². The van der Waals surface area contributed by atoms with Gasteiger partial charge in [0.25, 0.3) is 0 Å². The first-order chi connectivity index (χ1) is 13.0. The van der Waals surface area contributed by atoms with Crippen LogP contribution in [0.15, 0.2) is 54.9 Å². The second-order valence-electron chi connectivity index (χ2n) is 8.32. The first-order valence-electron chi connectivity index (χ1n) is 9.65. The third-order valence-corrected chi connectivity index (χ3v) is 5.91. The van der Waals surface area contributed by atoms with E-state index in [0.717, 1.165) is 38.2 Å². The van der Waals surface area contributed by atoms with Gasteiger partial charge in [0, 0.05) is 57.6 Å². The van der Waals surface area contributed by atoms with Crippen molar-refractivity contribution in [2.24, 2.45) is 5.41 Å². The second-order valence-corrected chi connectivity index (χ2v) is 8.32. The largest absolute Gasteiger partial charge is 0.340 e. The first kappa shape index (κ1) is 18.1. The molecule has 4 rings (SSSR count). The molecule has 5 heteroatoms. The van der Waals surface area contributed by atoms with Crippen LogP contribution in [0.4, 0.5) is 0 Å². The number of likely N-dealkylation sites (N-methyl/N-ethyl adjacent to an activating group) is 2. The van der Waals surface area contributed by atoms with Gasteiger partial charge in [0.1, 0.15) is 0 Å². The van der Waals surface area contributed by atoms with Crippen molar-refractivity contribution >= 4 is 5.91 Å². The fourth-order valence-electron chi connectivity index (χ4n) is 4.73. The molecule has 2 aromatic rings. The summed E-state index contributed by atoms with van der Waals surface area (Å²) >= 11 is 0. The van der Waals surface area contributed by atoms with Crippen molar-refractivity contribution in [3.8, 4) is 0 Å². The molecule has 3 heterocycles. The molecule has 1 amide bonds. The number of pyridine rings is 1. The van der Waals surface area contributed by atoms with Gasteiger partial charge in [-0.25, -0.2) is 0 Å². The predicted octanol–water partition coefficient (Wildman–Crippen LogP) is 2.25. The Labute approximate surface area is 161 Å². The van der Waals surface area contributed by atoms with Gasteiger partial charge in [0.05, 0.1) is 6.04 Å². The molecule has 2 aliphatic rings. The van der Waals surface area contributed by atoms with E-state index in [4.69, 9.17) is 0 Å². The molecule has 1 spiro atoms. The van der Waals surface area contributed by atoms with E-state index in [0.29, 0.717) is 6.54 Å². The van der Waals surface area contributed by atoms with Crippen molar-refractivity contribution in [1.82, 2.24) is 19.7 Å². The maximum Gasteiger partial charge on any atom is 0.239 e. The molecule has 1 atom stereocenters. The standard InChI is InChI=1S/C22H28N4O/c1-24(13-19-9-6-10-23-12-19)21(27)20-11-22(15-25(20)2)16-26(17-22)14-18-7-4-3-5-8-18/h3-10,12,20H,11,13-17H2,1-2H3. The predicted molar refractivity (Wildman–Crippen MR) is 106 cm³/mol. The number of likely N-dealkylation sites (tertiary alicyclic amines) is 2. The van der Waals surface area contributed by atoms with E-state index in [1.54, 1.807) is 6.20 Å². The number of amides is 1. The summed E-state index contributed by atoms with van der Waals surface area (Å²) in [6.07, 6.45) is 4.56. The van der Waals surface area contributed by atoms with Gasteiger partial charge in [0.2, 0.25) is 5.91 Å². The molecule has 5 nitrogen and oxygen atoms in total. The quantitative estimate of drug-likeness (QED) is 0.816. The van der Waals surface area contributed by atoms with Crippen LogP contribution in [0.2, 0.25) is 0 Å². The smallest absolute Gasteiger partial charge is 0.239 e. The van der Waals surface area contributed by atoms with E-state index in [2.05, 4.69) is 52.2 Å². The highest BCUT2D eigenvalue weighted by Crippen LogP contribution is 2.43. The summed E-state index contributed by atoms with van der Waals surface area (Å²) < 4.78 is 0. The van der Waals surface area contributed by atoms with Gasteiger partial charge in [-0.05, 0) is 30.7 Å². The fraction of sp³-hybridized carbons (Fsp3) is 0.455. The second kappa shape index (κ2) is 7.41. The van der Waals surface area contributed by atoms with Crippen LogP contribution in [0.1, 0.15) is 17.5 Å². The number of hydrogen-bond acceptors (Lipinski definition) is 4. The molecule has 142 valence electrons. The number of nitrogens with zero attached hydrogens (tertiary/aromatic N) is 4. The van der Waals surface area contributed by atoms with Crippen molar-refractivity contribution in [2.45, 2.75) is 25.6 Å². The summed E-state index contributed by atoms with van der Waals surface area (Å²) in [6.45, 7) is 4.80. The summed E-state index contributed by atoms with van der Waals surface area (Å²) in [4.78, 5) is 23.7. The first-order valence-corrected chi connectivity index (χ1v) is 9.65. The zero-order valence-corrected chi connectivity index (χ0v) is 16.2. The Kier molecular flexibility index (Phi) is 4.98. The van der Waals surface area contributed by atoms with E-state index >= 15 is 0 Å². The number of carbonyl (C=O) groups is 1. The normalized spacial score (nSPS) is 21.9. The van der Waals surface area contributed by atoms with E-state index in [-0.39, 0.29) is 17.4 Å². The summed E-state index contributed by atoms with van der Waals surface area (Å²) in [6, 6.07) is 14.6. The average molecular weight is 364 g/mol. The molecule has 0 N–H and O–H groups in total. The van der Waals surface area contributed by atoms with E-state index < -0.39 is 0 Å². The molecule has 2 saturated heterocycles. The maximum atomic E-state index is 13.0. The number of carbonyl (C=O) groups excluding carboxylic acids is 1. The van der Waals surface area contributed by atoms with Crippen molar-refractivity contribution in [1.29, 1.82) is 0 Å². The Morgan fingerprint density at radius 3 is 2.59 bits per heavy atom. The molecule has 1 unspecified atom stereocenters. The van der Waals surface area contributed by atoms with E-state index in [9.17, 15) is 4.79 Å². The van der Waals surface area contributed by atoms with Gasteiger partial charge >= 0.3 is 0 Å². The zero-order chi connectivity index (χ0) is 18.9. The third kappa shape index (κ3) is 3.89. The number of aromatic nitrogens is 1. The minimum Gasteiger partial charge on any atom is -0.340 e. The van der Waals surface area contributed by atoms with Crippen molar-refractivity contribution in [2.75, 3.05) is 33.7 Å². The minimum atomic E-state index is -0.00875. The molecule has 0 aliphatic carbocycles. The third-order valence-electron chi connectivity index (χ3n) is 5.91. The van der Waals surface area contributed by atoms with Gasteiger partial charge in [0.15, 0.2) is 0 Å². The highest BCUT2D eigenvalue weighted by molar-refractivity contribution is 5.82. The SMILES string of the molecule is CN(Cc1cccnc1)C(=O)C1CC2(CN(Cc3ccccc3)C2)CN1C. The van der Waals surface area contributed by atoms with Crippen molar-refractivity contribution in [3.63, 3.8) is 0 Å². The van der Waals surface area contributed by atoms with Crippen LogP contribution in [-0.4, -0.2) is 65.4 Å². The Morgan fingerprint density at radius 2 is 1.89 bits per heavy atom. The van der Waals surface area contributed by atoms with Crippen LogP contribution in [0.5, 0.6) is 0 Å². The van der Waals surface area contributed by atoms with Crippen LogP contribution < -0.4 is 0 Å². The minimum absolute atomic E-state index is 0.00875. The number of hydrogen-bond donors (Lipinski definition) is 0. The molecule has 0 saturated carbocycles. The average Bonchev–Trinajstić information content (AvgIpc) is 3.00. The van der Waals surface area contributed by atoms with E-state index in [1.807, 2.05) is 30.3 Å². The van der Waals surface area contributed by atoms with Gasteiger partial charge in [-0.15, -0.1) is 0 Å². The zero-order valence-electron chi connectivity index (χ0n) is 16.2. The Bertz CT molecular complexity index is 773. The van der Waals surface area contributed by atoms with Crippen LogP contribution in [0.25, 0.3) is 0 Å². The van der Waals surface area contributed by atoms with Crippen LogP contribution in [0.3, 0.4) is 0 Å². The molecular formula is C22H28N4O. The van der Waals surface area contributed by atoms with E-state index in [1.165, 1.54) is 5.56 Å². The summed E-state index contributed by atoms with van der Waals surface area (Å²) in [7, 11) is 3.99. The molecular weight excluding hydrogens is 336 g/mol. The van der Waals surface area contributed by atoms with Crippen molar-refractivity contribution in [3.05, 3.63) is 66.0 Å². The number of benzene rings is 1. The van der Waals surface area contributed by atoms with Gasteiger partial charge < -0.3 is 4.90 Å². The highest BCUT2D eigenvalue weighted by Gasteiger charge is 2.52. The van der Waals surface area contributed by atoms with Crippen LogP contribution in [-0.2, 0) is 17.9 Å². The van der Waals surface area contributed by atoms with Gasteiger partial charge in [-0.1, -0.05) is 36.4 Å². The van der Waals surface area contributed by atoms with Gasteiger partial charge in [-0.2, -0.15) is 0 Å². The van der Waals surface area contributed by atoms with Crippen LogP contribution in [0, 0.1) is 5.41 Å². The number of rotatable bonds is 5. The Balaban J connectivity index is 1.33. The van der Waals surface area contributed by atoms with Gasteiger partial charge in [-0.3, -0.25) is 19.6 Å². The molecule has 0 radical (unpaired) electrons. The lowest BCUT2D eigenvalue weighted by Crippen LogP contribution is -2.56. The fourth-order valence-corrected chi connectivity index (χ4v) is 4.73. The Hall–Kier alpha value is -2.24. The molecule has 1 aromatic heterocycles. The lowest BCUT2D eigenvalue weighted by Gasteiger charge is -2.48. The molecule has 2 aliphatic heterocycles. The molecule has 1 aromatic carbocycles. The van der Waals surface area contributed by atoms with Crippen molar-refractivity contribution < 1.29 is 4.79 Å². The van der Waals surface area contributed by atoms with Crippen LogP contribution >= 0.6 is 0 Å². The molecule has 27 heavy (non-hydrogen) atoms. The Morgan fingerprint density at radius 1 is 1.15 bits per heavy atom. The summed E-state index contributed by atoms with van der Waals surface area (Å²) in [5.41, 5.74) is 2.71. The highest BCUT2D eigenvalue weighted by atomic mass is 16.2. The molecule has 2 fully saturated rings. The maximum absolute atomic E-state index is 13.0. The monoisotopic (exact) mass is 364 g/mol. The lowest BCUT2D eigenvalue weighted by molar-refractivity contribution is -0.135.